The minimum absolute atomic E-state index is 0.0481. The maximum absolute atomic E-state index is 14.3. The Morgan fingerprint density at radius 2 is 1.49 bits per heavy atom. The number of thiazole rings is 1. The number of anilines is 2. The van der Waals surface area contributed by atoms with Crippen molar-refractivity contribution in [3.63, 3.8) is 0 Å². The first-order valence-corrected chi connectivity index (χ1v) is 27.1. The molecule has 5 aromatic rings. The molecule has 4 bridgehead atoms. The lowest BCUT2D eigenvalue weighted by Gasteiger charge is -2.69. The fourth-order valence-corrected chi connectivity index (χ4v) is 14.2. The Labute approximate surface area is 440 Å². The second kappa shape index (κ2) is 19.4. The summed E-state index contributed by atoms with van der Waals surface area (Å²) >= 11 is 1.44. The number of carbonyl (C=O) groups excluding carboxylic acids is 4. The van der Waals surface area contributed by atoms with Crippen molar-refractivity contribution in [1.29, 1.82) is 0 Å². The fraction of sp³-hybridized carbons (Fsp3) is 0.569. The maximum atomic E-state index is 14.3. The van der Waals surface area contributed by atoms with Gasteiger partial charge in [-0.3, -0.25) is 19.7 Å². The van der Waals surface area contributed by atoms with Crippen molar-refractivity contribution in [3.05, 3.63) is 77.7 Å². The van der Waals surface area contributed by atoms with Gasteiger partial charge in [-0.2, -0.15) is 5.10 Å². The number of hydrogen-bond acceptors (Lipinski definition) is 12. The lowest BCUT2D eigenvalue weighted by molar-refractivity contribution is -0.248. The third-order valence-electron chi connectivity index (χ3n) is 14.7. The number of benzene rings is 2. The molecular weight excluding hydrogens is 955 g/mol. The predicted octanol–water partition coefficient (Wildman–Crippen LogP) is 12.6. The number of para-hydroxylation sites is 1. The number of rotatable bonds is 13. The lowest BCUT2D eigenvalue weighted by atomic mass is 9.39. The molecule has 2 atom stereocenters. The van der Waals surface area contributed by atoms with E-state index in [0.29, 0.717) is 36.1 Å². The molecule has 2 aromatic carbocycles. The maximum Gasteiger partial charge on any atom is 0.410 e. The second-order valence-corrected chi connectivity index (χ2v) is 26.5. The monoisotopic (exact) mass is 1030 g/mol. The first kappa shape index (κ1) is 53.0. The average Bonchev–Trinajstić information content (AvgIpc) is 3.85. The minimum Gasteiger partial charge on any atom is -0.460 e. The molecule has 0 spiro atoms. The van der Waals surface area contributed by atoms with Gasteiger partial charge in [0.05, 0.1) is 40.7 Å². The Kier molecular flexibility index (Phi) is 13.9. The summed E-state index contributed by atoms with van der Waals surface area (Å²) in [5.41, 5.74) is 4.07. The number of aromatic nitrogens is 4. The summed E-state index contributed by atoms with van der Waals surface area (Å²) in [5.74, 6) is -0.905. The van der Waals surface area contributed by atoms with Crippen LogP contribution in [-0.4, -0.2) is 97.4 Å². The van der Waals surface area contributed by atoms with Crippen molar-refractivity contribution >= 4 is 56.4 Å². The molecule has 5 aliphatic rings. The Morgan fingerprint density at radius 3 is 2.18 bits per heavy atom. The van der Waals surface area contributed by atoms with Gasteiger partial charge in [-0.15, -0.1) is 0 Å². The van der Waals surface area contributed by atoms with Crippen molar-refractivity contribution in [2.45, 2.75) is 170 Å². The van der Waals surface area contributed by atoms with E-state index < -0.39 is 34.5 Å². The van der Waals surface area contributed by atoms with E-state index >= 15 is 0 Å². The molecule has 0 saturated heterocycles. The van der Waals surface area contributed by atoms with Crippen molar-refractivity contribution in [2.75, 3.05) is 36.5 Å². The van der Waals surface area contributed by atoms with Crippen LogP contribution in [0.25, 0.3) is 32.6 Å². The van der Waals surface area contributed by atoms with Gasteiger partial charge in [-0.25, -0.2) is 24.4 Å². The molecule has 2 unspecified atom stereocenters. The van der Waals surface area contributed by atoms with E-state index in [2.05, 4.69) is 35.8 Å². The lowest BCUT2D eigenvalue weighted by Crippen LogP contribution is -2.64. The first-order valence-electron chi connectivity index (χ1n) is 26.3. The average molecular weight is 1030 g/mol. The van der Waals surface area contributed by atoms with E-state index in [-0.39, 0.29) is 53.4 Å². The Hall–Kier alpha value is -5.87. The number of amides is 3. The number of hydrogen-bond donors (Lipinski definition) is 1. The van der Waals surface area contributed by atoms with Crippen LogP contribution in [0.2, 0.25) is 0 Å². The topological polar surface area (TPSA) is 167 Å². The summed E-state index contributed by atoms with van der Waals surface area (Å²) < 4.78 is 27.6. The van der Waals surface area contributed by atoms with Crippen molar-refractivity contribution in [1.82, 2.24) is 24.6 Å². The number of pyridine rings is 1. The molecule has 0 radical (unpaired) electrons. The molecule has 1 N–H and O–H groups in total. The van der Waals surface area contributed by atoms with E-state index in [4.69, 9.17) is 29.0 Å². The summed E-state index contributed by atoms with van der Waals surface area (Å²) in [6, 6.07) is 17.5. The Morgan fingerprint density at radius 1 is 0.784 bits per heavy atom. The van der Waals surface area contributed by atoms with Crippen molar-refractivity contribution < 1.29 is 38.1 Å². The van der Waals surface area contributed by atoms with Crippen LogP contribution in [0.5, 0.6) is 0 Å². The quantitative estimate of drug-likeness (QED) is 0.0880. The highest BCUT2D eigenvalue weighted by molar-refractivity contribution is 7.22. The Balaban J connectivity index is 0.959. The summed E-state index contributed by atoms with van der Waals surface area (Å²) in [6.07, 6.45) is 8.99. The molecule has 10 rings (SSSR count). The smallest absolute Gasteiger partial charge is 0.410 e. The van der Waals surface area contributed by atoms with E-state index in [1.807, 2.05) is 123 Å². The van der Waals surface area contributed by atoms with E-state index in [1.54, 1.807) is 9.80 Å². The SMILES string of the molecule is Cc1c(-c2ccc(-c3ccc4c(c3)N(C(=O)Nc3nc5ccccc5s3)CCC4)nc2C(=O)OC(C)(C)C)cnn1CC12CC3(C)CC(C)(C1)CC(OCCN(CCC(=O)OC(C)(C)C)C(=O)OC(C)(C)C)(C3)C2. The van der Waals surface area contributed by atoms with Gasteiger partial charge in [0, 0.05) is 54.3 Å². The summed E-state index contributed by atoms with van der Waals surface area (Å²) in [6.45, 7) is 25.4. The summed E-state index contributed by atoms with van der Waals surface area (Å²) in [7, 11) is 0. The molecule has 4 heterocycles. The van der Waals surface area contributed by atoms with Gasteiger partial charge in [0.25, 0.3) is 0 Å². The fourth-order valence-electron chi connectivity index (χ4n) is 13.3. The van der Waals surface area contributed by atoms with E-state index in [1.165, 1.54) is 11.3 Å². The van der Waals surface area contributed by atoms with Gasteiger partial charge in [0.15, 0.2) is 10.8 Å². The minimum atomic E-state index is -0.773. The van der Waals surface area contributed by atoms with Crippen LogP contribution in [0.3, 0.4) is 0 Å². The van der Waals surface area contributed by atoms with Gasteiger partial charge in [-0.05, 0) is 173 Å². The molecule has 4 aliphatic carbocycles. The van der Waals surface area contributed by atoms with Crippen LogP contribution in [0.15, 0.2) is 60.8 Å². The number of aryl methyl sites for hydroxylation is 1. The molecular formula is C58H75N7O8S. The highest BCUT2D eigenvalue weighted by Gasteiger charge is 2.66. The summed E-state index contributed by atoms with van der Waals surface area (Å²) in [5, 5.41) is 8.63. The number of ether oxygens (including phenoxy) is 4. The predicted molar refractivity (Wildman–Crippen MR) is 288 cm³/mol. The number of carbonyl (C=O) groups is 4. The summed E-state index contributed by atoms with van der Waals surface area (Å²) in [4.78, 5) is 67.4. The number of nitrogens with one attached hydrogen (secondary N) is 1. The van der Waals surface area contributed by atoms with E-state index in [0.717, 1.165) is 89.7 Å². The zero-order chi connectivity index (χ0) is 53.2. The molecule has 15 nitrogen and oxygen atoms in total. The van der Waals surface area contributed by atoms with Crippen LogP contribution in [0.1, 0.15) is 149 Å². The molecule has 4 fully saturated rings. The normalized spacial score (nSPS) is 23.4. The van der Waals surface area contributed by atoms with Crippen LogP contribution in [0.4, 0.5) is 20.4 Å². The number of nitrogens with zero attached hydrogens (tertiary/aromatic N) is 6. The van der Waals surface area contributed by atoms with Crippen molar-refractivity contribution in [2.24, 2.45) is 16.2 Å². The number of esters is 2. The van der Waals surface area contributed by atoms with Gasteiger partial charge in [0.1, 0.15) is 16.8 Å². The zero-order valence-corrected chi connectivity index (χ0v) is 46.3. The largest absolute Gasteiger partial charge is 0.460 e. The first-order chi connectivity index (χ1) is 34.6. The number of fused-ring (bicyclic) bond motifs is 2. The zero-order valence-electron chi connectivity index (χ0n) is 45.5. The molecule has 74 heavy (non-hydrogen) atoms. The third kappa shape index (κ3) is 11.8. The Bertz CT molecular complexity index is 2920. The molecule has 3 amide bonds. The van der Waals surface area contributed by atoms with Gasteiger partial charge < -0.3 is 23.8 Å². The highest BCUT2D eigenvalue weighted by atomic mass is 32.1. The molecule has 4 saturated carbocycles. The van der Waals surface area contributed by atoms with Crippen LogP contribution in [-0.2, 0) is 36.7 Å². The third-order valence-corrected chi connectivity index (χ3v) is 15.6. The highest BCUT2D eigenvalue weighted by Crippen LogP contribution is 2.72. The molecule has 3 aromatic heterocycles. The second-order valence-electron chi connectivity index (χ2n) is 25.4. The molecule has 396 valence electrons. The van der Waals surface area contributed by atoms with Gasteiger partial charge >= 0.3 is 24.1 Å². The van der Waals surface area contributed by atoms with E-state index in [9.17, 15) is 19.2 Å². The van der Waals surface area contributed by atoms with Crippen LogP contribution >= 0.6 is 11.3 Å². The molecule has 16 heteroatoms. The van der Waals surface area contributed by atoms with Gasteiger partial charge in [0.2, 0.25) is 0 Å². The van der Waals surface area contributed by atoms with Crippen LogP contribution in [0, 0.1) is 23.2 Å². The van der Waals surface area contributed by atoms with Crippen LogP contribution < -0.4 is 10.2 Å². The number of urea groups is 1. The molecule has 1 aliphatic heterocycles. The van der Waals surface area contributed by atoms with Gasteiger partial charge in [-0.1, -0.05) is 49.4 Å². The van der Waals surface area contributed by atoms with Crippen molar-refractivity contribution in [3.8, 4) is 22.4 Å². The standard InChI is InChI=1S/C58H75N7O8S/c1-37-41(29-59-65(37)36-57-31-55(11)30-56(12,32-57)34-58(33-55,35-57)70-27-26-63(51(69)73-54(8,9)10)25-23-46(66)71-52(2,3)4)40-21-22-42(60-47(40)48(67)72-53(5,6)7)39-20-19-38-16-15-24-64(44(38)28-39)50(68)62-49-61-43-17-13-14-18-45(43)74-49/h13-14,17-22,28-29H,15-16,23-27,30-36H2,1-12H3,(H,61,62,68).